The van der Waals surface area contributed by atoms with Crippen molar-refractivity contribution < 1.29 is 19.8 Å². The van der Waals surface area contributed by atoms with Gasteiger partial charge in [-0.25, -0.2) is 4.79 Å². The molecule has 0 saturated carbocycles. The summed E-state index contributed by atoms with van der Waals surface area (Å²) in [4.78, 5) is 21.7. The summed E-state index contributed by atoms with van der Waals surface area (Å²) in [6.07, 6.45) is -0.949. The van der Waals surface area contributed by atoms with Gasteiger partial charge in [-0.3, -0.25) is 4.79 Å². The average Bonchev–Trinajstić information content (AvgIpc) is 2.38. The van der Waals surface area contributed by atoms with E-state index in [1.807, 2.05) is 6.07 Å². The van der Waals surface area contributed by atoms with Gasteiger partial charge in [-0.05, 0) is 12.5 Å². The first-order valence-electron chi connectivity index (χ1n) is 6.00. The van der Waals surface area contributed by atoms with Gasteiger partial charge in [-0.15, -0.1) is 0 Å². The van der Waals surface area contributed by atoms with Crippen LogP contribution in [0.4, 0.5) is 4.79 Å². The molecule has 6 heteroatoms. The molecule has 1 rings (SSSR count). The first kappa shape index (κ1) is 15.0. The third kappa shape index (κ3) is 5.39. The number of carboxylic acid groups (broad SMARTS) is 1. The van der Waals surface area contributed by atoms with Crippen LogP contribution in [0.1, 0.15) is 25.0 Å². The van der Waals surface area contributed by atoms with Crippen molar-refractivity contribution in [2.45, 2.75) is 25.5 Å². The first-order valence-corrected chi connectivity index (χ1v) is 6.00. The minimum Gasteiger partial charge on any atom is -0.481 e. The highest BCUT2D eigenvalue weighted by atomic mass is 16.4. The number of rotatable bonds is 6. The summed E-state index contributed by atoms with van der Waals surface area (Å²) in [5.74, 6) is -0.974. The molecule has 6 nitrogen and oxygen atoms in total. The maximum atomic E-state index is 11.4. The largest absolute Gasteiger partial charge is 0.481 e. The lowest BCUT2D eigenvalue weighted by Gasteiger charge is -2.20. The molecule has 1 aromatic carbocycles. The molecule has 0 saturated heterocycles. The van der Waals surface area contributed by atoms with Crippen molar-refractivity contribution in [3.63, 3.8) is 0 Å². The molecule has 0 aliphatic carbocycles. The van der Waals surface area contributed by atoms with Crippen LogP contribution >= 0.6 is 0 Å². The Bertz CT molecular complexity index is 422. The second-order valence-electron chi connectivity index (χ2n) is 4.19. The van der Waals surface area contributed by atoms with Gasteiger partial charge in [0.15, 0.2) is 0 Å². The molecule has 0 aromatic heterocycles. The van der Waals surface area contributed by atoms with Crippen molar-refractivity contribution >= 4 is 12.0 Å². The van der Waals surface area contributed by atoms with Gasteiger partial charge in [0.05, 0.1) is 18.6 Å². The quantitative estimate of drug-likeness (QED) is 0.614. The van der Waals surface area contributed by atoms with Gasteiger partial charge in [-0.1, -0.05) is 30.3 Å². The number of urea groups is 1. The van der Waals surface area contributed by atoms with Crippen LogP contribution in [-0.4, -0.2) is 34.8 Å². The number of carboxylic acids is 1. The lowest BCUT2D eigenvalue weighted by molar-refractivity contribution is -0.136. The van der Waals surface area contributed by atoms with E-state index < -0.39 is 24.1 Å². The van der Waals surface area contributed by atoms with Crippen LogP contribution in [-0.2, 0) is 4.79 Å². The van der Waals surface area contributed by atoms with Crippen molar-refractivity contribution in [1.82, 2.24) is 10.6 Å². The molecule has 4 N–H and O–H groups in total. The van der Waals surface area contributed by atoms with Crippen molar-refractivity contribution in [1.29, 1.82) is 0 Å². The fourth-order valence-corrected chi connectivity index (χ4v) is 1.56. The number of aliphatic carboxylic acids is 1. The lowest BCUT2D eigenvalue weighted by Crippen LogP contribution is -2.43. The van der Waals surface area contributed by atoms with E-state index in [0.29, 0.717) is 5.56 Å². The van der Waals surface area contributed by atoms with Crippen LogP contribution < -0.4 is 10.6 Å². The van der Waals surface area contributed by atoms with E-state index >= 15 is 0 Å². The van der Waals surface area contributed by atoms with Crippen molar-refractivity contribution in [2.75, 3.05) is 6.54 Å². The molecule has 2 amide bonds. The minimum atomic E-state index is -0.974. The molecule has 2 atom stereocenters. The van der Waals surface area contributed by atoms with Gasteiger partial charge >= 0.3 is 12.0 Å². The Morgan fingerprint density at radius 3 is 2.47 bits per heavy atom. The fraction of sp³-hybridized carbons (Fsp3) is 0.385. The minimum absolute atomic E-state index is 0.0509. The molecule has 0 fully saturated rings. The number of aliphatic hydroxyl groups is 1. The number of nitrogens with one attached hydrogen (secondary N) is 2. The number of hydrogen-bond acceptors (Lipinski definition) is 3. The highest BCUT2D eigenvalue weighted by molar-refractivity contribution is 5.75. The fourth-order valence-electron chi connectivity index (χ4n) is 1.56. The zero-order valence-electron chi connectivity index (χ0n) is 10.7. The van der Waals surface area contributed by atoms with Gasteiger partial charge in [0.2, 0.25) is 0 Å². The Morgan fingerprint density at radius 1 is 1.26 bits per heavy atom. The molecule has 104 valence electrons. The number of carbonyl (C=O) groups is 2. The molecular weight excluding hydrogens is 248 g/mol. The zero-order chi connectivity index (χ0) is 14.3. The Morgan fingerprint density at radius 2 is 1.89 bits per heavy atom. The Hall–Kier alpha value is -2.08. The third-order valence-corrected chi connectivity index (χ3v) is 2.60. The summed E-state index contributed by atoms with van der Waals surface area (Å²) >= 11 is 0. The molecular formula is C13H18N2O4. The smallest absolute Gasteiger partial charge is 0.315 e. The first-order chi connectivity index (χ1) is 9.00. The highest BCUT2D eigenvalue weighted by Gasteiger charge is 2.17. The lowest BCUT2D eigenvalue weighted by atomic mass is 10.0. The average molecular weight is 266 g/mol. The van der Waals surface area contributed by atoms with Gasteiger partial charge in [0.25, 0.3) is 0 Å². The molecule has 0 aliphatic heterocycles. The summed E-state index contributed by atoms with van der Waals surface area (Å²) < 4.78 is 0. The van der Waals surface area contributed by atoms with Crippen LogP contribution in [0.5, 0.6) is 0 Å². The van der Waals surface area contributed by atoms with Gasteiger partial charge < -0.3 is 20.8 Å². The van der Waals surface area contributed by atoms with Gasteiger partial charge in [-0.2, -0.15) is 0 Å². The SMILES string of the molecule is CC(NC(=O)NCCC(=O)O)C(O)c1ccccc1. The van der Waals surface area contributed by atoms with Crippen molar-refractivity contribution in [2.24, 2.45) is 0 Å². The Labute approximate surface area is 111 Å². The summed E-state index contributed by atoms with van der Waals surface area (Å²) in [5.41, 5.74) is 0.709. The molecule has 1 aromatic rings. The monoisotopic (exact) mass is 266 g/mol. The second-order valence-corrected chi connectivity index (χ2v) is 4.19. The van der Waals surface area contributed by atoms with Crippen molar-refractivity contribution in [3.05, 3.63) is 35.9 Å². The summed E-state index contributed by atoms with van der Waals surface area (Å²) in [6, 6.07) is 8.01. The summed E-state index contributed by atoms with van der Waals surface area (Å²) in [5, 5.41) is 23.4. The molecule has 0 bridgehead atoms. The maximum absolute atomic E-state index is 11.4. The van der Waals surface area contributed by atoms with Crippen LogP contribution in [0.25, 0.3) is 0 Å². The van der Waals surface area contributed by atoms with Crippen LogP contribution in [0.15, 0.2) is 30.3 Å². The van der Waals surface area contributed by atoms with Gasteiger partial charge in [0.1, 0.15) is 0 Å². The molecule has 0 heterocycles. The molecule has 19 heavy (non-hydrogen) atoms. The molecule has 0 spiro atoms. The zero-order valence-corrected chi connectivity index (χ0v) is 10.7. The Balaban J connectivity index is 2.39. The summed E-state index contributed by atoms with van der Waals surface area (Å²) in [6.45, 7) is 1.73. The van der Waals surface area contributed by atoms with E-state index in [1.54, 1.807) is 31.2 Å². The summed E-state index contributed by atoms with van der Waals surface area (Å²) in [7, 11) is 0. The maximum Gasteiger partial charge on any atom is 0.315 e. The second kappa shape index (κ2) is 7.38. The van der Waals surface area contributed by atoms with E-state index in [-0.39, 0.29) is 13.0 Å². The molecule has 0 radical (unpaired) electrons. The molecule has 0 aliphatic rings. The highest BCUT2D eigenvalue weighted by Crippen LogP contribution is 2.15. The van der Waals surface area contributed by atoms with Crippen molar-refractivity contribution in [3.8, 4) is 0 Å². The number of carbonyl (C=O) groups excluding carboxylic acids is 1. The van der Waals surface area contributed by atoms with E-state index in [9.17, 15) is 14.7 Å². The van der Waals surface area contributed by atoms with Crippen LogP contribution in [0, 0.1) is 0 Å². The standard InChI is InChI=1S/C13H18N2O4/c1-9(12(18)10-5-3-2-4-6-10)15-13(19)14-8-7-11(16)17/h2-6,9,12,18H,7-8H2,1H3,(H,16,17)(H2,14,15,19). The number of amides is 2. The topological polar surface area (TPSA) is 98.7 Å². The number of hydrogen-bond donors (Lipinski definition) is 4. The predicted molar refractivity (Wildman–Crippen MR) is 69.7 cm³/mol. The van der Waals surface area contributed by atoms with E-state index in [4.69, 9.17) is 5.11 Å². The van der Waals surface area contributed by atoms with Crippen LogP contribution in [0.3, 0.4) is 0 Å². The molecule has 2 unspecified atom stereocenters. The van der Waals surface area contributed by atoms with E-state index in [2.05, 4.69) is 10.6 Å². The normalized spacial score (nSPS) is 13.4. The predicted octanol–water partition coefficient (Wildman–Crippen LogP) is 0.882. The number of aliphatic hydroxyl groups excluding tert-OH is 1. The third-order valence-electron chi connectivity index (χ3n) is 2.60. The van der Waals surface area contributed by atoms with Gasteiger partial charge in [0, 0.05) is 6.54 Å². The van der Waals surface area contributed by atoms with E-state index in [0.717, 1.165) is 0 Å². The van der Waals surface area contributed by atoms with Crippen LogP contribution in [0.2, 0.25) is 0 Å². The Kier molecular flexibility index (Phi) is 5.81. The van der Waals surface area contributed by atoms with E-state index in [1.165, 1.54) is 0 Å². The number of benzene rings is 1.